The van der Waals surface area contributed by atoms with Crippen LogP contribution in [-0.2, 0) is 6.42 Å². The van der Waals surface area contributed by atoms with E-state index in [1.807, 2.05) is 18.2 Å². The van der Waals surface area contributed by atoms with Crippen LogP contribution < -0.4 is 0 Å². The Labute approximate surface area is 110 Å². The largest absolute Gasteiger partial charge is 0.337 e. The van der Waals surface area contributed by atoms with Gasteiger partial charge in [-0.2, -0.15) is 0 Å². The zero-order chi connectivity index (χ0) is 11.8. The molecule has 0 saturated heterocycles. The fourth-order valence-corrected chi connectivity index (χ4v) is 2.76. The minimum Gasteiger partial charge on any atom is -0.337 e. The highest BCUT2D eigenvalue weighted by Crippen LogP contribution is 2.27. The summed E-state index contributed by atoms with van der Waals surface area (Å²) in [5.41, 5.74) is 2.97. The van der Waals surface area contributed by atoms with Crippen molar-refractivity contribution in [3.63, 3.8) is 0 Å². The smallest absolute Gasteiger partial charge is 0.152 e. The second kappa shape index (κ2) is 4.19. The van der Waals surface area contributed by atoms with Crippen molar-refractivity contribution in [2.24, 2.45) is 0 Å². The Morgan fingerprint density at radius 3 is 3.12 bits per heavy atom. The molecule has 0 aliphatic carbocycles. The predicted molar refractivity (Wildman–Crippen MR) is 72.1 cm³/mol. The highest BCUT2D eigenvalue weighted by molar-refractivity contribution is 9.10. The monoisotopic (exact) mass is 308 g/mol. The first-order valence-electron chi connectivity index (χ1n) is 5.25. The normalized spacial score (nSPS) is 11.2. The van der Waals surface area contributed by atoms with Gasteiger partial charge in [0, 0.05) is 4.47 Å². The maximum atomic E-state index is 4.56. The quantitative estimate of drug-likeness (QED) is 0.789. The third kappa shape index (κ3) is 1.87. The number of nitrogens with one attached hydrogen (secondary N) is 1. The van der Waals surface area contributed by atoms with E-state index < -0.39 is 0 Å². The van der Waals surface area contributed by atoms with Crippen molar-refractivity contribution in [2.45, 2.75) is 13.3 Å². The summed E-state index contributed by atoms with van der Waals surface area (Å²) >= 11 is 4.83. The molecule has 0 unspecified atom stereocenters. The molecule has 4 nitrogen and oxygen atoms in total. The zero-order valence-electron chi connectivity index (χ0n) is 9.07. The van der Waals surface area contributed by atoms with Crippen LogP contribution in [0.15, 0.2) is 22.7 Å². The molecule has 0 saturated carbocycles. The molecule has 2 aromatic heterocycles. The number of halogens is 1. The van der Waals surface area contributed by atoms with Crippen molar-refractivity contribution in [1.29, 1.82) is 0 Å². The fraction of sp³-hybridized carbons (Fsp3) is 0.182. The van der Waals surface area contributed by atoms with E-state index in [0.29, 0.717) is 0 Å². The average molecular weight is 309 g/mol. The first-order valence-corrected chi connectivity index (χ1v) is 6.81. The number of aryl methyl sites for hydroxylation is 1. The van der Waals surface area contributed by atoms with Crippen molar-refractivity contribution in [3.8, 4) is 10.7 Å². The van der Waals surface area contributed by atoms with Crippen molar-refractivity contribution in [1.82, 2.24) is 19.6 Å². The van der Waals surface area contributed by atoms with E-state index in [1.165, 1.54) is 11.5 Å². The van der Waals surface area contributed by atoms with E-state index in [2.05, 4.69) is 42.4 Å². The van der Waals surface area contributed by atoms with Gasteiger partial charge in [0.1, 0.15) is 4.88 Å². The third-order valence-corrected chi connectivity index (χ3v) is 3.82. The van der Waals surface area contributed by atoms with Crippen LogP contribution >= 0.6 is 27.5 Å². The number of rotatable bonds is 2. The lowest BCUT2D eigenvalue weighted by Crippen LogP contribution is -1.85. The number of aromatic amines is 1. The van der Waals surface area contributed by atoms with Crippen LogP contribution in [-0.4, -0.2) is 19.6 Å². The lowest BCUT2D eigenvalue weighted by atomic mass is 10.3. The fourth-order valence-electron chi connectivity index (χ4n) is 1.71. The number of benzene rings is 1. The lowest BCUT2D eigenvalue weighted by Gasteiger charge is -1.91. The summed E-state index contributed by atoms with van der Waals surface area (Å²) in [4.78, 5) is 8.89. The second-order valence-corrected chi connectivity index (χ2v) is 5.32. The lowest BCUT2D eigenvalue weighted by molar-refractivity contribution is 0.990. The standard InChI is InChI=1S/C11H9BrN4S/c1-2-7-10(17-16-15-7)11-13-8-4-3-6(12)5-9(8)14-11/h3-5H,2H2,1H3,(H,13,14). The van der Waals surface area contributed by atoms with E-state index in [-0.39, 0.29) is 0 Å². The van der Waals surface area contributed by atoms with Gasteiger partial charge in [-0.25, -0.2) is 4.98 Å². The molecule has 3 rings (SSSR count). The molecule has 0 fully saturated rings. The Balaban J connectivity index is 2.18. The number of hydrogen-bond acceptors (Lipinski definition) is 4. The van der Waals surface area contributed by atoms with Gasteiger partial charge >= 0.3 is 0 Å². The molecule has 2 heterocycles. The van der Waals surface area contributed by atoms with Gasteiger partial charge in [0.05, 0.1) is 16.7 Å². The van der Waals surface area contributed by atoms with E-state index in [1.54, 1.807) is 0 Å². The first-order chi connectivity index (χ1) is 8.28. The summed E-state index contributed by atoms with van der Waals surface area (Å²) in [5.74, 6) is 0.852. The maximum absolute atomic E-state index is 4.56. The van der Waals surface area contributed by atoms with Crippen molar-refractivity contribution in [2.75, 3.05) is 0 Å². The van der Waals surface area contributed by atoms with E-state index in [0.717, 1.165) is 38.3 Å². The van der Waals surface area contributed by atoms with Gasteiger partial charge in [0.15, 0.2) is 5.82 Å². The Morgan fingerprint density at radius 1 is 1.41 bits per heavy atom. The van der Waals surface area contributed by atoms with Gasteiger partial charge in [-0.1, -0.05) is 27.3 Å². The summed E-state index contributed by atoms with van der Waals surface area (Å²) < 4.78 is 5.02. The molecule has 0 amide bonds. The van der Waals surface area contributed by atoms with Crippen LogP contribution in [0.4, 0.5) is 0 Å². The summed E-state index contributed by atoms with van der Waals surface area (Å²) in [6.07, 6.45) is 0.868. The average Bonchev–Trinajstić information content (AvgIpc) is 2.93. The van der Waals surface area contributed by atoms with Crippen LogP contribution in [0.2, 0.25) is 0 Å². The molecule has 0 spiro atoms. The molecule has 17 heavy (non-hydrogen) atoms. The van der Waals surface area contributed by atoms with Crippen molar-refractivity contribution in [3.05, 3.63) is 28.4 Å². The van der Waals surface area contributed by atoms with Crippen LogP contribution in [0, 0.1) is 0 Å². The number of hydrogen-bond donors (Lipinski definition) is 1. The molecule has 1 aromatic carbocycles. The van der Waals surface area contributed by atoms with E-state index >= 15 is 0 Å². The molecule has 0 atom stereocenters. The van der Waals surface area contributed by atoms with Gasteiger partial charge in [0.25, 0.3) is 0 Å². The maximum Gasteiger partial charge on any atom is 0.152 e. The Hall–Kier alpha value is -1.27. The van der Waals surface area contributed by atoms with Crippen molar-refractivity contribution >= 4 is 38.5 Å². The molecule has 0 bridgehead atoms. The first kappa shape index (κ1) is 10.9. The summed E-state index contributed by atoms with van der Waals surface area (Å²) in [6, 6.07) is 5.99. The van der Waals surface area contributed by atoms with Crippen LogP contribution in [0.5, 0.6) is 0 Å². The summed E-state index contributed by atoms with van der Waals surface area (Å²) in [5, 5.41) is 4.10. The van der Waals surface area contributed by atoms with Crippen LogP contribution in [0.1, 0.15) is 12.6 Å². The molecule has 86 valence electrons. The molecule has 1 N–H and O–H groups in total. The van der Waals surface area contributed by atoms with E-state index in [4.69, 9.17) is 0 Å². The second-order valence-electron chi connectivity index (χ2n) is 3.65. The van der Waals surface area contributed by atoms with Gasteiger partial charge in [-0.15, -0.1) is 5.10 Å². The summed E-state index contributed by atoms with van der Waals surface area (Å²) in [7, 11) is 0. The third-order valence-electron chi connectivity index (χ3n) is 2.55. The van der Waals surface area contributed by atoms with Gasteiger partial charge < -0.3 is 4.98 Å². The van der Waals surface area contributed by atoms with Crippen LogP contribution in [0.25, 0.3) is 21.7 Å². The topological polar surface area (TPSA) is 54.5 Å². The minimum absolute atomic E-state index is 0.852. The van der Waals surface area contributed by atoms with Gasteiger partial charge in [0.2, 0.25) is 0 Å². The van der Waals surface area contributed by atoms with E-state index in [9.17, 15) is 0 Å². The molecular weight excluding hydrogens is 300 g/mol. The van der Waals surface area contributed by atoms with Gasteiger partial charge in [-0.05, 0) is 36.2 Å². The molecule has 0 aliphatic rings. The minimum atomic E-state index is 0.852. The molecule has 6 heteroatoms. The SMILES string of the molecule is CCc1nnsc1-c1nc2ccc(Br)cc2[nH]1. The Kier molecular flexibility index (Phi) is 2.68. The zero-order valence-corrected chi connectivity index (χ0v) is 11.5. The molecule has 0 radical (unpaired) electrons. The number of fused-ring (bicyclic) bond motifs is 1. The number of H-pyrrole nitrogens is 1. The highest BCUT2D eigenvalue weighted by atomic mass is 79.9. The van der Waals surface area contributed by atoms with Crippen LogP contribution in [0.3, 0.4) is 0 Å². The highest BCUT2D eigenvalue weighted by Gasteiger charge is 2.12. The molecular formula is C11H9BrN4S. The molecule has 0 aliphatic heterocycles. The number of imidazole rings is 1. The Morgan fingerprint density at radius 2 is 2.29 bits per heavy atom. The number of aromatic nitrogens is 4. The molecule has 3 aromatic rings. The van der Waals surface area contributed by atoms with Crippen molar-refractivity contribution < 1.29 is 0 Å². The Bertz CT molecular complexity index is 673. The predicted octanol–water partition coefficient (Wildman–Crippen LogP) is 3.41. The van der Waals surface area contributed by atoms with Gasteiger partial charge in [-0.3, -0.25) is 0 Å². The summed E-state index contributed by atoms with van der Waals surface area (Å²) in [6.45, 7) is 2.07. The number of nitrogens with zero attached hydrogens (tertiary/aromatic N) is 3.